The van der Waals surface area contributed by atoms with Gasteiger partial charge in [0.1, 0.15) is 0 Å². The van der Waals surface area contributed by atoms with Gasteiger partial charge in [-0.1, -0.05) is 97.9 Å². The Balaban J connectivity index is 0.00000171. The number of hydrogen-bond donors (Lipinski definition) is 0. The minimum atomic E-state index is 0. The lowest BCUT2D eigenvalue weighted by Crippen LogP contribution is -1.87. The van der Waals surface area contributed by atoms with E-state index in [1.54, 1.807) is 0 Å². The Hall–Kier alpha value is -3.38. The van der Waals surface area contributed by atoms with Crippen molar-refractivity contribution in [2.24, 2.45) is 0 Å². The van der Waals surface area contributed by atoms with Gasteiger partial charge in [0, 0.05) is 0 Å². The second kappa shape index (κ2) is 6.07. The van der Waals surface area contributed by atoms with Gasteiger partial charge >= 0.3 is 0 Å². The van der Waals surface area contributed by atoms with E-state index in [1.807, 2.05) is 0 Å². The Morgan fingerprint density at radius 3 is 1.93 bits per heavy atom. The number of rotatable bonds is 1. The maximum atomic E-state index is 2.32. The summed E-state index contributed by atoms with van der Waals surface area (Å²) in [7, 11) is 0. The van der Waals surface area contributed by atoms with Crippen LogP contribution in [0.15, 0.2) is 91.0 Å². The Morgan fingerprint density at radius 2 is 1.11 bits per heavy atom. The first kappa shape index (κ1) is 16.8. The molecule has 0 bridgehead atoms. The Morgan fingerprint density at radius 1 is 0.500 bits per heavy atom. The lowest BCUT2D eigenvalue weighted by molar-refractivity contribution is 1.51. The normalized spacial score (nSPS) is 11.5. The van der Waals surface area contributed by atoms with Crippen LogP contribution in [0, 0.1) is 6.92 Å². The molecule has 6 rings (SSSR count). The fourth-order valence-electron chi connectivity index (χ4n) is 4.52. The van der Waals surface area contributed by atoms with Gasteiger partial charge in [-0.2, -0.15) is 0 Å². The van der Waals surface area contributed by atoms with E-state index in [4.69, 9.17) is 0 Å². The highest BCUT2D eigenvalue weighted by atomic mass is 14.1. The molecule has 0 atom stereocenters. The van der Waals surface area contributed by atoms with Gasteiger partial charge in [-0.25, -0.2) is 0 Å². The first-order valence-electron chi connectivity index (χ1n) is 9.45. The van der Waals surface area contributed by atoms with Crippen molar-refractivity contribution in [2.45, 2.75) is 14.4 Å². The summed E-state index contributed by atoms with van der Waals surface area (Å²) in [5.41, 5.74) is 3.89. The first-order valence-corrected chi connectivity index (χ1v) is 9.45. The monoisotopic (exact) mass is 358 g/mol. The van der Waals surface area contributed by atoms with Gasteiger partial charge in [0.05, 0.1) is 0 Å². The van der Waals surface area contributed by atoms with E-state index >= 15 is 0 Å². The zero-order valence-corrected chi connectivity index (χ0v) is 15.2. The van der Waals surface area contributed by atoms with E-state index in [0.29, 0.717) is 0 Å². The summed E-state index contributed by atoms with van der Waals surface area (Å²) in [4.78, 5) is 0. The molecule has 0 aliphatic heterocycles. The SMILES string of the molecule is C.Cc1ccc2cc(-c3ccc4ccc5cccc6ccc3c4c56)ccc2c1. The van der Waals surface area contributed by atoms with Crippen molar-refractivity contribution in [2.75, 3.05) is 0 Å². The minimum Gasteiger partial charge on any atom is -0.0776 e. The molecule has 0 fully saturated rings. The molecule has 0 heteroatoms. The summed E-state index contributed by atoms with van der Waals surface area (Å²) in [6, 6.07) is 33.6. The molecule has 6 aromatic rings. The molecule has 28 heavy (non-hydrogen) atoms. The standard InChI is InChI=1S/C27H18.CH4/c1-17-5-6-22-16-23(10-9-21(22)15-17)24-13-11-20-8-7-18-3-2-4-19-12-14-25(24)27(20)26(18)19;/h2-16H,1H3;1H4. The predicted octanol–water partition coefficient (Wildman–Crippen LogP) is 8.35. The van der Waals surface area contributed by atoms with Crippen molar-refractivity contribution >= 4 is 43.1 Å². The molecule has 0 nitrogen and oxygen atoms in total. The molecule has 6 aromatic carbocycles. The van der Waals surface area contributed by atoms with Crippen molar-refractivity contribution in [3.8, 4) is 11.1 Å². The second-order valence-corrected chi connectivity index (χ2v) is 7.53. The molecule has 0 N–H and O–H groups in total. The van der Waals surface area contributed by atoms with Crippen molar-refractivity contribution in [1.82, 2.24) is 0 Å². The van der Waals surface area contributed by atoms with E-state index in [-0.39, 0.29) is 7.43 Å². The molecular formula is C28H22. The highest BCUT2D eigenvalue weighted by molar-refractivity contribution is 6.25. The molecule has 0 aliphatic carbocycles. The molecule has 0 heterocycles. The predicted molar refractivity (Wildman–Crippen MR) is 125 cm³/mol. The summed E-state index contributed by atoms with van der Waals surface area (Å²) >= 11 is 0. The van der Waals surface area contributed by atoms with Crippen LogP contribution in [0.5, 0.6) is 0 Å². The molecule has 0 aromatic heterocycles. The fourth-order valence-corrected chi connectivity index (χ4v) is 4.52. The van der Waals surface area contributed by atoms with Crippen LogP contribution in [-0.4, -0.2) is 0 Å². The Kier molecular flexibility index (Phi) is 3.64. The quantitative estimate of drug-likeness (QED) is 0.259. The summed E-state index contributed by atoms with van der Waals surface area (Å²) in [6.07, 6.45) is 0. The van der Waals surface area contributed by atoms with Gasteiger partial charge in [0.25, 0.3) is 0 Å². The van der Waals surface area contributed by atoms with Crippen LogP contribution in [0.4, 0.5) is 0 Å². The van der Waals surface area contributed by atoms with Gasteiger partial charge in [-0.05, 0) is 67.2 Å². The maximum absolute atomic E-state index is 2.32. The molecule has 0 aliphatic rings. The van der Waals surface area contributed by atoms with E-state index in [9.17, 15) is 0 Å². The van der Waals surface area contributed by atoms with E-state index in [0.717, 1.165) is 0 Å². The average molecular weight is 358 g/mol. The smallest absolute Gasteiger partial charge is 0.00206 e. The zero-order chi connectivity index (χ0) is 18.0. The van der Waals surface area contributed by atoms with Gasteiger partial charge in [0.2, 0.25) is 0 Å². The van der Waals surface area contributed by atoms with Crippen molar-refractivity contribution < 1.29 is 0 Å². The van der Waals surface area contributed by atoms with Crippen LogP contribution in [-0.2, 0) is 0 Å². The lowest BCUT2D eigenvalue weighted by Gasteiger charge is -2.14. The van der Waals surface area contributed by atoms with Crippen molar-refractivity contribution in [3.63, 3.8) is 0 Å². The molecule has 0 spiro atoms. The van der Waals surface area contributed by atoms with Gasteiger partial charge in [-0.15, -0.1) is 0 Å². The molecular weight excluding hydrogens is 336 g/mol. The van der Waals surface area contributed by atoms with Crippen LogP contribution in [0.2, 0.25) is 0 Å². The number of aryl methyl sites for hydroxylation is 1. The van der Waals surface area contributed by atoms with E-state index in [1.165, 1.54) is 59.8 Å². The van der Waals surface area contributed by atoms with Gasteiger partial charge in [-0.3, -0.25) is 0 Å². The van der Waals surface area contributed by atoms with E-state index < -0.39 is 0 Å². The van der Waals surface area contributed by atoms with Crippen LogP contribution in [0.25, 0.3) is 54.2 Å². The third-order valence-corrected chi connectivity index (χ3v) is 5.84. The first-order chi connectivity index (χ1) is 13.3. The summed E-state index contributed by atoms with van der Waals surface area (Å²) < 4.78 is 0. The lowest BCUT2D eigenvalue weighted by atomic mass is 9.89. The largest absolute Gasteiger partial charge is 0.0776 e. The molecule has 0 unspecified atom stereocenters. The molecule has 0 amide bonds. The van der Waals surface area contributed by atoms with Crippen LogP contribution >= 0.6 is 0 Å². The topological polar surface area (TPSA) is 0 Å². The van der Waals surface area contributed by atoms with Gasteiger partial charge < -0.3 is 0 Å². The third kappa shape index (κ3) is 2.31. The highest BCUT2D eigenvalue weighted by Gasteiger charge is 2.12. The van der Waals surface area contributed by atoms with Crippen molar-refractivity contribution in [3.05, 3.63) is 96.6 Å². The summed E-state index contributed by atoms with van der Waals surface area (Å²) in [5.74, 6) is 0. The minimum absolute atomic E-state index is 0. The number of benzene rings is 6. The van der Waals surface area contributed by atoms with Crippen molar-refractivity contribution in [1.29, 1.82) is 0 Å². The third-order valence-electron chi connectivity index (χ3n) is 5.84. The Labute approximate surface area is 165 Å². The summed E-state index contributed by atoms with van der Waals surface area (Å²) in [5, 5.41) is 10.6. The van der Waals surface area contributed by atoms with Crippen LogP contribution in [0.1, 0.15) is 13.0 Å². The van der Waals surface area contributed by atoms with Crippen LogP contribution < -0.4 is 0 Å². The molecule has 0 saturated carbocycles. The fraction of sp³-hybridized carbons (Fsp3) is 0.0714. The highest BCUT2D eigenvalue weighted by Crippen LogP contribution is 2.39. The Bertz CT molecular complexity index is 1450. The number of fused-ring (bicyclic) bond motifs is 1. The summed E-state index contributed by atoms with van der Waals surface area (Å²) in [6.45, 7) is 2.15. The molecule has 0 saturated heterocycles. The molecule has 0 radical (unpaired) electrons. The van der Waals surface area contributed by atoms with E-state index in [2.05, 4.69) is 97.9 Å². The van der Waals surface area contributed by atoms with Crippen LogP contribution in [0.3, 0.4) is 0 Å². The second-order valence-electron chi connectivity index (χ2n) is 7.53. The average Bonchev–Trinajstić information content (AvgIpc) is 2.71. The molecule has 134 valence electrons. The maximum Gasteiger partial charge on any atom is -0.00206 e. The number of hydrogen-bond acceptors (Lipinski definition) is 0. The zero-order valence-electron chi connectivity index (χ0n) is 15.2. The van der Waals surface area contributed by atoms with Gasteiger partial charge in [0.15, 0.2) is 0 Å².